The molecule has 1 aliphatic rings. The molecule has 9 heteroatoms. The number of hydrogen-bond acceptors (Lipinski definition) is 5. The van der Waals surface area contributed by atoms with E-state index in [2.05, 4.69) is 5.32 Å². The van der Waals surface area contributed by atoms with Gasteiger partial charge in [-0.2, -0.15) is 0 Å². The highest BCUT2D eigenvalue weighted by Gasteiger charge is 2.22. The summed E-state index contributed by atoms with van der Waals surface area (Å²) >= 11 is 5.92. The van der Waals surface area contributed by atoms with E-state index in [0.717, 1.165) is 5.56 Å². The lowest BCUT2D eigenvalue weighted by molar-refractivity contribution is -0.121. The van der Waals surface area contributed by atoms with Crippen molar-refractivity contribution in [1.29, 1.82) is 0 Å². The summed E-state index contributed by atoms with van der Waals surface area (Å²) in [5.41, 5.74) is 2.19. The fourth-order valence-electron chi connectivity index (χ4n) is 3.93. The summed E-state index contributed by atoms with van der Waals surface area (Å²) in [5, 5.41) is 4.01. The zero-order valence-corrected chi connectivity index (χ0v) is 19.6. The van der Waals surface area contributed by atoms with Crippen LogP contribution in [0.15, 0.2) is 77.8 Å². The number of nitrogens with one attached hydrogen (secondary N) is 1. The van der Waals surface area contributed by atoms with E-state index in [0.29, 0.717) is 39.5 Å². The predicted molar refractivity (Wildman–Crippen MR) is 129 cm³/mol. The molecule has 7 nitrogen and oxygen atoms in total. The van der Waals surface area contributed by atoms with E-state index in [-0.39, 0.29) is 29.9 Å². The minimum atomic E-state index is -3.65. The topological polar surface area (TPSA) is 86.6 Å². The van der Waals surface area contributed by atoms with Crippen LogP contribution in [-0.4, -0.2) is 25.7 Å². The summed E-state index contributed by atoms with van der Waals surface area (Å²) in [5.74, 6) is 0.939. The number of aromatic nitrogens is 1. The van der Waals surface area contributed by atoms with E-state index in [9.17, 15) is 13.2 Å². The number of carbonyl (C=O) groups is 1. The molecule has 0 spiro atoms. The van der Waals surface area contributed by atoms with Crippen LogP contribution in [0.5, 0.6) is 11.5 Å². The molecular formula is C25H21ClN2O5S. The summed E-state index contributed by atoms with van der Waals surface area (Å²) in [6.07, 6.45) is 1.54. The van der Waals surface area contributed by atoms with Crippen molar-refractivity contribution < 1.29 is 22.7 Å². The molecule has 0 saturated heterocycles. The molecule has 0 radical (unpaired) electrons. The van der Waals surface area contributed by atoms with Crippen molar-refractivity contribution in [1.82, 2.24) is 9.88 Å². The second kappa shape index (κ2) is 9.04. The van der Waals surface area contributed by atoms with Gasteiger partial charge in [-0.1, -0.05) is 48.0 Å². The Labute approximate surface area is 201 Å². The second-order valence-electron chi connectivity index (χ2n) is 7.99. The Morgan fingerprint density at radius 2 is 1.71 bits per heavy atom. The maximum atomic E-state index is 13.2. The Balaban J connectivity index is 1.34. The predicted octanol–water partition coefficient (Wildman–Crippen LogP) is 4.31. The minimum absolute atomic E-state index is 0.0124. The first-order chi connectivity index (χ1) is 16.4. The van der Waals surface area contributed by atoms with Gasteiger partial charge in [-0.15, -0.1) is 0 Å². The lowest BCUT2D eigenvalue weighted by atomic mass is 10.2. The average Bonchev–Trinajstić information content (AvgIpc) is 3.44. The van der Waals surface area contributed by atoms with Crippen molar-refractivity contribution in [3.8, 4) is 11.5 Å². The van der Waals surface area contributed by atoms with Gasteiger partial charge in [-0.25, -0.2) is 8.42 Å². The minimum Gasteiger partial charge on any atom is -0.454 e. The number of nitrogens with zero attached hydrogens (tertiary/aromatic N) is 1. The molecule has 1 aliphatic heterocycles. The third kappa shape index (κ3) is 4.60. The molecule has 0 bridgehead atoms. The number of sulfone groups is 1. The zero-order valence-electron chi connectivity index (χ0n) is 18.0. The van der Waals surface area contributed by atoms with Crippen LogP contribution in [0.2, 0.25) is 5.02 Å². The van der Waals surface area contributed by atoms with E-state index < -0.39 is 9.84 Å². The highest BCUT2D eigenvalue weighted by molar-refractivity contribution is 7.90. The number of hydrogen-bond donors (Lipinski definition) is 1. The molecule has 1 amide bonds. The standard InChI is InChI=1S/C25H21ClN2O5S/c26-19-8-5-17(6-9-19)15-34(30,31)24-13-28(21-4-2-1-3-20(21)24)14-25(29)27-12-18-7-10-22-23(11-18)33-16-32-22/h1-11,13H,12,14-16H2,(H,27,29). The smallest absolute Gasteiger partial charge is 0.240 e. The molecule has 4 aromatic rings. The molecule has 0 fully saturated rings. The summed E-state index contributed by atoms with van der Waals surface area (Å²) < 4.78 is 38.8. The molecule has 34 heavy (non-hydrogen) atoms. The first kappa shape index (κ1) is 22.3. The van der Waals surface area contributed by atoms with E-state index in [4.69, 9.17) is 21.1 Å². The van der Waals surface area contributed by atoms with Gasteiger partial charge in [-0.05, 0) is 41.5 Å². The lowest BCUT2D eigenvalue weighted by Gasteiger charge is -2.08. The number of rotatable bonds is 7. The number of benzene rings is 3. The Bertz CT molecular complexity index is 1480. The van der Waals surface area contributed by atoms with Crippen LogP contribution < -0.4 is 14.8 Å². The van der Waals surface area contributed by atoms with Crippen LogP contribution in [-0.2, 0) is 33.5 Å². The molecule has 5 rings (SSSR count). The Kier molecular flexibility index (Phi) is 5.93. The molecule has 0 unspecified atom stereocenters. The number of fused-ring (bicyclic) bond motifs is 2. The van der Waals surface area contributed by atoms with Gasteiger partial charge in [0, 0.05) is 28.7 Å². The Hall–Kier alpha value is -3.49. The third-order valence-corrected chi connectivity index (χ3v) is 7.56. The van der Waals surface area contributed by atoms with Crippen LogP contribution in [0.1, 0.15) is 11.1 Å². The first-order valence-corrected chi connectivity index (χ1v) is 12.6. The fourth-order valence-corrected chi connectivity index (χ4v) is 5.64. The van der Waals surface area contributed by atoms with Crippen molar-refractivity contribution in [2.24, 2.45) is 0 Å². The average molecular weight is 497 g/mol. The molecular weight excluding hydrogens is 476 g/mol. The quantitative estimate of drug-likeness (QED) is 0.412. The van der Waals surface area contributed by atoms with Crippen molar-refractivity contribution in [2.45, 2.75) is 23.7 Å². The molecule has 0 saturated carbocycles. The summed E-state index contributed by atoms with van der Waals surface area (Å²) in [7, 11) is -3.65. The van der Waals surface area contributed by atoms with Crippen LogP contribution in [0.3, 0.4) is 0 Å². The van der Waals surface area contributed by atoms with Gasteiger partial charge in [0.15, 0.2) is 21.3 Å². The number of halogens is 1. The number of para-hydroxylation sites is 1. The van der Waals surface area contributed by atoms with E-state index in [1.807, 2.05) is 24.3 Å². The van der Waals surface area contributed by atoms with Gasteiger partial charge in [0.05, 0.1) is 10.6 Å². The molecule has 2 heterocycles. The molecule has 3 aromatic carbocycles. The van der Waals surface area contributed by atoms with Crippen LogP contribution in [0.25, 0.3) is 10.9 Å². The summed E-state index contributed by atoms with van der Waals surface area (Å²) in [4.78, 5) is 12.9. The van der Waals surface area contributed by atoms with Crippen LogP contribution >= 0.6 is 11.6 Å². The summed E-state index contributed by atoms with van der Waals surface area (Å²) in [6.45, 7) is 0.493. The number of amides is 1. The van der Waals surface area contributed by atoms with Gasteiger partial charge >= 0.3 is 0 Å². The van der Waals surface area contributed by atoms with Crippen LogP contribution in [0, 0.1) is 0 Å². The van der Waals surface area contributed by atoms with Gasteiger partial charge in [0.1, 0.15) is 6.54 Å². The molecule has 174 valence electrons. The maximum absolute atomic E-state index is 13.2. The lowest BCUT2D eigenvalue weighted by Crippen LogP contribution is -2.26. The highest BCUT2D eigenvalue weighted by atomic mass is 35.5. The van der Waals surface area contributed by atoms with Crippen LogP contribution in [0.4, 0.5) is 0 Å². The molecule has 0 aliphatic carbocycles. The zero-order chi connectivity index (χ0) is 23.7. The van der Waals surface area contributed by atoms with Crippen molar-refractivity contribution >= 4 is 38.2 Å². The Morgan fingerprint density at radius 3 is 2.53 bits per heavy atom. The normalized spacial score (nSPS) is 12.7. The van der Waals surface area contributed by atoms with Gasteiger partial charge in [-0.3, -0.25) is 4.79 Å². The monoisotopic (exact) mass is 496 g/mol. The maximum Gasteiger partial charge on any atom is 0.240 e. The molecule has 1 N–H and O–H groups in total. The van der Waals surface area contributed by atoms with Crippen molar-refractivity contribution in [3.63, 3.8) is 0 Å². The SMILES string of the molecule is O=C(Cn1cc(S(=O)(=O)Cc2ccc(Cl)cc2)c2ccccc21)NCc1ccc2c(c1)OCO2. The molecule has 0 atom stereocenters. The van der Waals surface area contributed by atoms with Gasteiger partial charge in [0.25, 0.3) is 0 Å². The highest BCUT2D eigenvalue weighted by Crippen LogP contribution is 2.32. The number of ether oxygens (including phenoxy) is 2. The van der Waals surface area contributed by atoms with Gasteiger partial charge in [0.2, 0.25) is 12.7 Å². The first-order valence-electron chi connectivity index (χ1n) is 10.6. The third-order valence-electron chi connectivity index (χ3n) is 5.60. The van der Waals surface area contributed by atoms with Crippen molar-refractivity contribution in [3.05, 3.63) is 89.1 Å². The van der Waals surface area contributed by atoms with E-state index in [1.54, 1.807) is 47.0 Å². The second-order valence-corrected chi connectivity index (χ2v) is 10.4. The fraction of sp³-hybridized carbons (Fsp3) is 0.160. The van der Waals surface area contributed by atoms with E-state index >= 15 is 0 Å². The Morgan fingerprint density at radius 1 is 0.971 bits per heavy atom. The van der Waals surface area contributed by atoms with Gasteiger partial charge < -0.3 is 19.4 Å². The largest absolute Gasteiger partial charge is 0.454 e. The number of carbonyl (C=O) groups excluding carboxylic acids is 1. The van der Waals surface area contributed by atoms with Crippen molar-refractivity contribution in [2.75, 3.05) is 6.79 Å². The summed E-state index contributed by atoms with van der Waals surface area (Å²) in [6, 6.07) is 19.4. The van der Waals surface area contributed by atoms with E-state index in [1.165, 1.54) is 6.20 Å². The molecule has 1 aromatic heterocycles.